The Labute approximate surface area is 89.3 Å². The van der Waals surface area contributed by atoms with Crippen LogP contribution in [0.1, 0.15) is 19.8 Å². The van der Waals surface area contributed by atoms with Gasteiger partial charge < -0.3 is 14.4 Å². The monoisotopic (exact) mass is 215 g/mol. The Kier molecular flexibility index (Phi) is 4.55. The van der Waals surface area contributed by atoms with Crippen molar-refractivity contribution >= 4 is 11.9 Å². The molecule has 1 aliphatic rings. The van der Waals surface area contributed by atoms with Crippen molar-refractivity contribution in [3.8, 4) is 0 Å². The number of esters is 1. The highest BCUT2D eigenvalue weighted by atomic mass is 16.5. The van der Waals surface area contributed by atoms with Gasteiger partial charge in [0.1, 0.15) is 12.6 Å². The van der Waals surface area contributed by atoms with Gasteiger partial charge in [0.2, 0.25) is 0 Å². The van der Waals surface area contributed by atoms with E-state index in [1.165, 1.54) is 4.90 Å². The van der Waals surface area contributed by atoms with E-state index < -0.39 is 0 Å². The quantitative estimate of drug-likeness (QED) is 0.628. The van der Waals surface area contributed by atoms with Gasteiger partial charge in [-0.15, -0.1) is 0 Å². The number of nitrogens with zero attached hydrogens (tertiary/aromatic N) is 1. The van der Waals surface area contributed by atoms with Crippen LogP contribution in [-0.4, -0.2) is 49.7 Å². The molecule has 1 amide bonds. The summed E-state index contributed by atoms with van der Waals surface area (Å²) < 4.78 is 9.99. The molecule has 0 aliphatic carbocycles. The lowest BCUT2D eigenvalue weighted by atomic mass is 10.2. The molecule has 0 spiro atoms. The SMILES string of the molecule is CCOC(=O)CN(C)C(=O)[C@H]1CCCO1. The van der Waals surface area contributed by atoms with Gasteiger partial charge in [-0.05, 0) is 19.8 Å². The lowest BCUT2D eigenvalue weighted by molar-refractivity contribution is -0.151. The predicted molar refractivity (Wildman–Crippen MR) is 53.2 cm³/mol. The summed E-state index contributed by atoms with van der Waals surface area (Å²) in [7, 11) is 1.58. The molecular weight excluding hydrogens is 198 g/mol. The second-order valence-electron chi connectivity index (χ2n) is 3.50. The van der Waals surface area contributed by atoms with Gasteiger partial charge in [-0.3, -0.25) is 9.59 Å². The molecule has 1 heterocycles. The molecule has 0 unspecified atom stereocenters. The Morgan fingerprint density at radius 2 is 2.27 bits per heavy atom. The molecule has 0 aromatic heterocycles. The number of carbonyl (C=O) groups is 2. The maximum Gasteiger partial charge on any atom is 0.325 e. The molecule has 0 saturated carbocycles. The molecule has 1 aliphatic heterocycles. The zero-order chi connectivity index (χ0) is 11.3. The summed E-state index contributed by atoms with van der Waals surface area (Å²) >= 11 is 0. The van der Waals surface area contributed by atoms with E-state index in [1.54, 1.807) is 14.0 Å². The molecule has 1 rings (SSSR count). The first kappa shape index (κ1) is 12.0. The van der Waals surface area contributed by atoms with Crippen LogP contribution in [0.2, 0.25) is 0 Å². The van der Waals surface area contributed by atoms with Gasteiger partial charge in [0, 0.05) is 13.7 Å². The minimum Gasteiger partial charge on any atom is -0.465 e. The Hall–Kier alpha value is -1.10. The van der Waals surface area contributed by atoms with Crippen LogP contribution in [0.4, 0.5) is 0 Å². The zero-order valence-corrected chi connectivity index (χ0v) is 9.19. The van der Waals surface area contributed by atoms with Gasteiger partial charge in [0.25, 0.3) is 5.91 Å². The zero-order valence-electron chi connectivity index (χ0n) is 9.19. The summed E-state index contributed by atoms with van der Waals surface area (Å²) in [6, 6.07) is 0. The van der Waals surface area contributed by atoms with Crippen molar-refractivity contribution in [2.75, 3.05) is 26.8 Å². The van der Waals surface area contributed by atoms with E-state index in [9.17, 15) is 9.59 Å². The van der Waals surface area contributed by atoms with Crippen molar-refractivity contribution in [1.82, 2.24) is 4.90 Å². The first-order valence-electron chi connectivity index (χ1n) is 5.17. The summed E-state index contributed by atoms with van der Waals surface area (Å²) in [5.41, 5.74) is 0. The van der Waals surface area contributed by atoms with Gasteiger partial charge >= 0.3 is 5.97 Å². The summed E-state index contributed by atoms with van der Waals surface area (Å²) in [5.74, 6) is -0.521. The van der Waals surface area contributed by atoms with E-state index in [4.69, 9.17) is 9.47 Å². The highest BCUT2D eigenvalue weighted by Gasteiger charge is 2.27. The van der Waals surface area contributed by atoms with Gasteiger partial charge in [0.15, 0.2) is 0 Å². The maximum absolute atomic E-state index is 11.7. The molecule has 0 bridgehead atoms. The lowest BCUT2D eigenvalue weighted by Gasteiger charge is -2.19. The number of hydrogen-bond donors (Lipinski definition) is 0. The first-order valence-corrected chi connectivity index (χ1v) is 5.17. The molecular formula is C10H17NO4. The molecule has 0 radical (unpaired) electrons. The maximum atomic E-state index is 11.7. The normalized spacial score (nSPS) is 20.0. The first-order chi connectivity index (χ1) is 7.15. The number of ether oxygens (including phenoxy) is 2. The molecule has 5 heteroatoms. The van der Waals surface area contributed by atoms with E-state index in [1.807, 2.05) is 0 Å². The van der Waals surface area contributed by atoms with E-state index >= 15 is 0 Å². The van der Waals surface area contributed by atoms with Crippen molar-refractivity contribution < 1.29 is 19.1 Å². The van der Waals surface area contributed by atoms with Crippen LogP contribution in [0, 0.1) is 0 Å². The third-order valence-corrected chi connectivity index (χ3v) is 2.25. The Morgan fingerprint density at radius 3 is 2.80 bits per heavy atom. The third kappa shape index (κ3) is 3.51. The summed E-state index contributed by atoms with van der Waals surface area (Å²) in [6.45, 7) is 2.69. The van der Waals surface area contributed by atoms with Gasteiger partial charge in [-0.1, -0.05) is 0 Å². The molecule has 0 aromatic carbocycles. The van der Waals surface area contributed by atoms with Crippen LogP contribution >= 0.6 is 0 Å². The molecule has 1 fully saturated rings. The Balaban J connectivity index is 2.35. The second kappa shape index (κ2) is 5.70. The molecule has 1 atom stereocenters. The fraction of sp³-hybridized carbons (Fsp3) is 0.800. The number of amides is 1. The van der Waals surface area contributed by atoms with E-state index in [2.05, 4.69) is 0 Å². The molecule has 5 nitrogen and oxygen atoms in total. The van der Waals surface area contributed by atoms with Crippen molar-refractivity contribution in [3.63, 3.8) is 0 Å². The minimum atomic E-state index is -0.383. The van der Waals surface area contributed by atoms with Crippen molar-refractivity contribution in [1.29, 1.82) is 0 Å². The van der Waals surface area contributed by atoms with Crippen LogP contribution < -0.4 is 0 Å². The van der Waals surface area contributed by atoms with E-state index in [-0.39, 0.29) is 24.5 Å². The summed E-state index contributed by atoms with van der Waals surface area (Å²) in [5, 5.41) is 0. The average molecular weight is 215 g/mol. The Bertz CT molecular complexity index is 236. The van der Waals surface area contributed by atoms with Crippen LogP contribution in [0.3, 0.4) is 0 Å². The van der Waals surface area contributed by atoms with Gasteiger partial charge in [-0.2, -0.15) is 0 Å². The van der Waals surface area contributed by atoms with E-state index in [0.29, 0.717) is 13.2 Å². The fourth-order valence-corrected chi connectivity index (χ4v) is 1.50. The highest BCUT2D eigenvalue weighted by molar-refractivity contribution is 5.85. The smallest absolute Gasteiger partial charge is 0.325 e. The van der Waals surface area contributed by atoms with Gasteiger partial charge in [-0.25, -0.2) is 0 Å². The van der Waals surface area contributed by atoms with Crippen molar-refractivity contribution in [2.24, 2.45) is 0 Å². The topological polar surface area (TPSA) is 55.8 Å². The highest BCUT2D eigenvalue weighted by Crippen LogP contribution is 2.13. The third-order valence-electron chi connectivity index (χ3n) is 2.25. The number of carbonyl (C=O) groups excluding carboxylic acids is 2. The van der Waals surface area contributed by atoms with Crippen LogP contribution in [0.5, 0.6) is 0 Å². The largest absolute Gasteiger partial charge is 0.465 e. The molecule has 15 heavy (non-hydrogen) atoms. The fourth-order valence-electron chi connectivity index (χ4n) is 1.50. The number of hydrogen-bond acceptors (Lipinski definition) is 4. The molecule has 0 N–H and O–H groups in total. The standard InChI is InChI=1S/C10H17NO4/c1-3-14-9(12)7-11(2)10(13)8-5-4-6-15-8/h8H,3-7H2,1-2H3/t8-/m1/s1. The lowest BCUT2D eigenvalue weighted by Crippen LogP contribution is -2.39. The molecule has 0 aromatic rings. The van der Waals surface area contributed by atoms with Gasteiger partial charge in [0.05, 0.1) is 6.61 Å². The van der Waals surface area contributed by atoms with Crippen LogP contribution in [-0.2, 0) is 19.1 Å². The van der Waals surface area contributed by atoms with Crippen molar-refractivity contribution in [3.05, 3.63) is 0 Å². The summed E-state index contributed by atoms with van der Waals surface area (Å²) in [6.07, 6.45) is 1.28. The average Bonchev–Trinajstić information content (AvgIpc) is 2.69. The Morgan fingerprint density at radius 1 is 1.53 bits per heavy atom. The van der Waals surface area contributed by atoms with E-state index in [0.717, 1.165) is 12.8 Å². The van der Waals surface area contributed by atoms with Crippen molar-refractivity contribution in [2.45, 2.75) is 25.9 Å². The van der Waals surface area contributed by atoms with Crippen LogP contribution in [0.15, 0.2) is 0 Å². The molecule has 86 valence electrons. The number of likely N-dealkylation sites (N-methyl/N-ethyl adjacent to an activating group) is 1. The van der Waals surface area contributed by atoms with Crippen LogP contribution in [0.25, 0.3) is 0 Å². The predicted octanol–water partition coefficient (Wildman–Crippen LogP) is 0.187. The minimum absolute atomic E-state index is 0.00741. The second-order valence-corrected chi connectivity index (χ2v) is 3.50. The molecule has 1 saturated heterocycles. The number of rotatable bonds is 4. The summed E-state index contributed by atoms with van der Waals surface area (Å²) in [4.78, 5) is 24.1.